The summed E-state index contributed by atoms with van der Waals surface area (Å²) in [7, 11) is 3.18. The van der Waals surface area contributed by atoms with Gasteiger partial charge in [0, 0.05) is 30.6 Å². The van der Waals surface area contributed by atoms with E-state index in [9.17, 15) is 4.79 Å². The standard InChI is InChI=1S/C19H26N4O4/c1-25-15-12-16(26-2)14-17(13-15)27-11-9-21-18(24)19(4-7-20-8-5-19)23-10-3-6-22-23/h3,6,10,12-14,20H,4-5,7-9,11H2,1-2H3,(H,21,24). The Morgan fingerprint density at radius 3 is 2.44 bits per heavy atom. The molecule has 1 amide bonds. The van der Waals surface area contributed by atoms with Crippen LogP contribution in [-0.2, 0) is 10.3 Å². The Hall–Kier alpha value is -2.74. The first-order valence-electron chi connectivity index (χ1n) is 9.03. The Balaban J connectivity index is 1.57. The lowest BCUT2D eigenvalue weighted by Gasteiger charge is -2.36. The number of benzene rings is 1. The van der Waals surface area contributed by atoms with Crippen molar-refractivity contribution in [3.8, 4) is 17.2 Å². The lowest BCUT2D eigenvalue weighted by molar-refractivity contribution is -0.132. The van der Waals surface area contributed by atoms with Crippen LogP contribution in [0.4, 0.5) is 0 Å². The van der Waals surface area contributed by atoms with Crippen molar-refractivity contribution in [2.75, 3.05) is 40.5 Å². The molecule has 0 aliphatic carbocycles. The monoisotopic (exact) mass is 374 g/mol. The maximum atomic E-state index is 12.9. The van der Waals surface area contributed by atoms with Crippen LogP contribution in [-0.4, -0.2) is 56.1 Å². The minimum absolute atomic E-state index is 0.0282. The number of amides is 1. The number of nitrogens with one attached hydrogen (secondary N) is 2. The molecule has 8 nitrogen and oxygen atoms in total. The van der Waals surface area contributed by atoms with E-state index in [1.165, 1.54) is 0 Å². The van der Waals surface area contributed by atoms with Gasteiger partial charge in [-0.3, -0.25) is 9.48 Å². The number of hydrogen-bond donors (Lipinski definition) is 2. The van der Waals surface area contributed by atoms with E-state index in [-0.39, 0.29) is 5.91 Å². The molecule has 1 fully saturated rings. The van der Waals surface area contributed by atoms with Crippen molar-refractivity contribution in [2.24, 2.45) is 0 Å². The van der Waals surface area contributed by atoms with Crippen LogP contribution in [0.25, 0.3) is 0 Å². The summed E-state index contributed by atoms with van der Waals surface area (Å²) in [5, 5.41) is 10.6. The third-order valence-electron chi connectivity index (χ3n) is 4.78. The van der Waals surface area contributed by atoms with Crippen LogP contribution in [0, 0.1) is 0 Å². The highest BCUT2D eigenvalue weighted by molar-refractivity contribution is 5.84. The number of nitrogens with zero attached hydrogens (tertiary/aromatic N) is 2. The normalized spacial score (nSPS) is 15.8. The molecule has 0 radical (unpaired) electrons. The van der Waals surface area contributed by atoms with Crippen LogP contribution in [0.3, 0.4) is 0 Å². The van der Waals surface area contributed by atoms with Crippen LogP contribution in [0.1, 0.15) is 12.8 Å². The third kappa shape index (κ3) is 4.33. The molecule has 2 heterocycles. The average molecular weight is 374 g/mol. The van der Waals surface area contributed by atoms with Gasteiger partial charge < -0.3 is 24.8 Å². The van der Waals surface area contributed by atoms with E-state index in [1.54, 1.807) is 43.3 Å². The SMILES string of the molecule is COc1cc(OC)cc(OCCNC(=O)C2(n3cccn3)CCNCC2)c1. The molecule has 2 N–H and O–H groups in total. The number of carbonyl (C=O) groups excluding carboxylic acids is 1. The van der Waals surface area contributed by atoms with E-state index < -0.39 is 5.54 Å². The van der Waals surface area contributed by atoms with Gasteiger partial charge in [-0.1, -0.05) is 0 Å². The summed E-state index contributed by atoms with van der Waals surface area (Å²) in [6.45, 7) is 2.31. The first-order chi connectivity index (χ1) is 13.2. The predicted octanol–water partition coefficient (Wildman–Crippen LogP) is 1.17. The number of methoxy groups -OCH3 is 2. The van der Waals surface area contributed by atoms with Gasteiger partial charge in [-0.15, -0.1) is 0 Å². The molecule has 1 aromatic heterocycles. The Bertz CT molecular complexity index is 720. The number of aromatic nitrogens is 2. The highest BCUT2D eigenvalue weighted by atomic mass is 16.5. The fourth-order valence-corrected chi connectivity index (χ4v) is 3.29. The number of carbonyl (C=O) groups is 1. The Kier molecular flexibility index (Phi) is 6.18. The van der Waals surface area contributed by atoms with Gasteiger partial charge in [-0.05, 0) is 32.0 Å². The second kappa shape index (κ2) is 8.77. The van der Waals surface area contributed by atoms with Gasteiger partial charge in [0.15, 0.2) is 0 Å². The van der Waals surface area contributed by atoms with Gasteiger partial charge in [-0.25, -0.2) is 0 Å². The van der Waals surface area contributed by atoms with E-state index >= 15 is 0 Å². The number of piperidine rings is 1. The maximum absolute atomic E-state index is 12.9. The van der Waals surface area contributed by atoms with Crippen molar-refractivity contribution in [3.05, 3.63) is 36.7 Å². The molecule has 0 bridgehead atoms. The first-order valence-corrected chi connectivity index (χ1v) is 9.03. The van der Waals surface area contributed by atoms with Crippen LogP contribution in [0.15, 0.2) is 36.7 Å². The van der Waals surface area contributed by atoms with Gasteiger partial charge in [0.2, 0.25) is 5.91 Å². The van der Waals surface area contributed by atoms with E-state index in [4.69, 9.17) is 14.2 Å². The van der Waals surface area contributed by atoms with Crippen molar-refractivity contribution in [1.82, 2.24) is 20.4 Å². The average Bonchev–Trinajstić information content (AvgIpc) is 3.26. The summed E-state index contributed by atoms with van der Waals surface area (Å²) >= 11 is 0. The molecule has 8 heteroatoms. The molecule has 3 rings (SSSR count). The van der Waals surface area contributed by atoms with Crippen LogP contribution < -0.4 is 24.8 Å². The topological polar surface area (TPSA) is 86.6 Å². The van der Waals surface area contributed by atoms with Crippen LogP contribution in [0.2, 0.25) is 0 Å². The van der Waals surface area contributed by atoms with Gasteiger partial charge in [-0.2, -0.15) is 5.10 Å². The highest BCUT2D eigenvalue weighted by Gasteiger charge is 2.41. The van der Waals surface area contributed by atoms with E-state index in [0.29, 0.717) is 43.2 Å². The lowest BCUT2D eigenvalue weighted by atomic mass is 9.87. The molecular formula is C19H26N4O4. The molecule has 146 valence electrons. The van der Waals surface area contributed by atoms with Crippen LogP contribution >= 0.6 is 0 Å². The van der Waals surface area contributed by atoms with E-state index in [0.717, 1.165) is 13.1 Å². The van der Waals surface area contributed by atoms with Crippen molar-refractivity contribution in [3.63, 3.8) is 0 Å². The molecule has 1 aromatic carbocycles. The second-order valence-electron chi connectivity index (χ2n) is 6.38. The smallest absolute Gasteiger partial charge is 0.248 e. The zero-order chi connectivity index (χ0) is 19.1. The van der Waals surface area contributed by atoms with Crippen molar-refractivity contribution in [1.29, 1.82) is 0 Å². The summed E-state index contributed by atoms with van der Waals surface area (Å²) in [5.41, 5.74) is -0.645. The zero-order valence-corrected chi connectivity index (χ0v) is 15.7. The van der Waals surface area contributed by atoms with Crippen molar-refractivity contribution in [2.45, 2.75) is 18.4 Å². The Morgan fingerprint density at radius 2 is 1.85 bits per heavy atom. The third-order valence-corrected chi connectivity index (χ3v) is 4.78. The Morgan fingerprint density at radius 1 is 1.19 bits per heavy atom. The molecule has 0 atom stereocenters. The molecule has 1 aliphatic heterocycles. The molecule has 0 unspecified atom stereocenters. The molecule has 0 saturated carbocycles. The first kappa shape index (κ1) is 19.0. The molecule has 2 aromatic rings. The highest BCUT2D eigenvalue weighted by Crippen LogP contribution is 2.28. The predicted molar refractivity (Wildman–Crippen MR) is 100 cm³/mol. The molecule has 0 spiro atoms. The lowest BCUT2D eigenvalue weighted by Crippen LogP contribution is -2.55. The summed E-state index contributed by atoms with van der Waals surface area (Å²) in [6.07, 6.45) is 4.96. The zero-order valence-electron chi connectivity index (χ0n) is 15.7. The minimum atomic E-state index is -0.645. The minimum Gasteiger partial charge on any atom is -0.496 e. The fraction of sp³-hybridized carbons (Fsp3) is 0.474. The quantitative estimate of drug-likeness (QED) is 0.675. The summed E-state index contributed by atoms with van der Waals surface area (Å²) < 4.78 is 18.0. The van der Waals surface area contributed by atoms with Crippen LogP contribution in [0.5, 0.6) is 17.2 Å². The molecular weight excluding hydrogens is 348 g/mol. The Labute approximate surface area is 158 Å². The summed E-state index contributed by atoms with van der Waals surface area (Å²) in [6, 6.07) is 7.18. The van der Waals surface area contributed by atoms with Crippen molar-refractivity contribution >= 4 is 5.91 Å². The van der Waals surface area contributed by atoms with Gasteiger partial charge >= 0.3 is 0 Å². The fourth-order valence-electron chi connectivity index (χ4n) is 3.29. The molecule has 27 heavy (non-hydrogen) atoms. The molecule has 1 saturated heterocycles. The number of ether oxygens (including phenoxy) is 3. The van der Waals surface area contributed by atoms with Gasteiger partial charge in [0.05, 0.1) is 20.8 Å². The molecule has 1 aliphatic rings. The maximum Gasteiger partial charge on any atom is 0.248 e. The van der Waals surface area contributed by atoms with Gasteiger partial charge in [0.25, 0.3) is 0 Å². The summed E-state index contributed by atoms with van der Waals surface area (Å²) in [4.78, 5) is 12.9. The van der Waals surface area contributed by atoms with E-state index in [2.05, 4.69) is 15.7 Å². The van der Waals surface area contributed by atoms with E-state index in [1.807, 2.05) is 12.3 Å². The number of hydrogen-bond acceptors (Lipinski definition) is 6. The largest absolute Gasteiger partial charge is 0.496 e. The summed E-state index contributed by atoms with van der Waals surface area (Å²) in [5.74, 6) is 1.91. The van der Waals surface area contributed by atoms with Gasteiger partial charge in [0.1, 0.15) is 29.4 Å². The number of rotatable bonds is 8. The van der Waals surface area contributed by atoms with Crippen molar-refractivity contribution < 1.29 is 19.0 Å². The second-order valence-corrected chi connectivity index (χ2v) is 6.38.